The van der Waals surface area contributed by atoms with Crippen LogP contribution in [0.25, 0.3) is 0 Å². The van der Waals surface area contributed by atoms with Crippen LogP contribution in [0.1, 0.15) is 31.9 Å². The van der Waals surface area contributed by atoms with Crippen LogP contribution in [-0.4, -0.2) is 25.6 Å². The van der Waals surface area contributed by atoms with Gasteiger partial charge in [0.1, 0.15) is 5.82 Å². The number of nitrogens with zero attached hydrogens (tertiary/aromatic N) is 2. The van der Waals surface area contributed by atoms with Crippen LogP contribution in [-0.2, 0) is 6.54 Å². The summed E-state index contributed by atoms with van der Waals surface area (Å²) in [6.07, 6.45) is 1.96. The molecule has 0 saturated heterocycles. The minimum absolute atomic E-state index is 0.284. The van der Waals surface area contributed by atoms with E-state index in [9.17, 15) is 0 Å². The molecule has 0 aliphatic carbocycles. The van der Waals surface area contributed by atoms with E-state index in [0.29, 0.717) is 0 Å². The maximum absolute atomic E-state index is 4.57. The van der Waals surface area contributed by atoms with E-state index in [1.165, 1.54) is 11.1 Å². The summed E-state index contributed by atoms with van der Waals surface area (Å²) in [7, 11) is 4.06. The molecule has 0 aliphatic rings. The molecule has 96 valence electrons. The molecule has 0 saturated carbocycles. The molecule has 17 heavy (non-hydrogen) atoms. The van der Waals surface area contributed by atoms with Gasteiger partial charge in [0.25, 0.3) is 0 Å². The van der Waals surface area contributed by atoms with E-state index in [2.05, 4.69) is 56.0 Å². The van der Waals surface area contributed by atoms with Gasteiger partial charge in [0.05, 0.1) is 0 Å². The number of anilines is 1. The van der Waals surface area contributed by atoms with Crippen molar-refractivity contribution in [2.45, 2.75) is 34.2 Å². The summed E-state index contributed by atoms with van der Waals surface area (Å²) in [5.41, 5.74) is 2.76. The third-order valence-electron chi connectivity index (χ3n) is 2.56. The highest BCUT2D eigenvalue weighted by Crippen LogP contribution is 2.21. The number of pyridine rings is 1. The molecule has 0 aliphatic heterocycles. The van der Waals surface area contributed by atoms with Gasteiger partial charge in [-0.2, -0.15) is 0 Å². The zero-order valence-corrected chi connectivity index (χ0v) is 12.0. The first-order valence-electron chi connectivity index (χ1n) is 6.15. The second-order valence-electron chi connectivity index (χ2n) is 5.93. The molecular formula is C14H25N3. The van der Waals surface area contributed by atoms with Crippen molar-refractivity contribution in [1.82, 2.24) is 10.3 Å². The van der Waals surface area contributed by atoms with E-state index >= 15 is 0 Å². The van der Waals surface area contributed by atoms with E-state index in [0.717, 1.165) is 18.9 Å². The van der Waals surface area contributed by atoms with Gasteiger partial charge in [0.2, 0.25) is 0 Å². The molecule has 0 spiro atoms. The molecule has 1 rings (SSSR count). The van der Waals surface area contributed by atoms with Gasteiger partial charge in [-0.3, -0.25) is 0 Å². The molecule has 0 fully saturated rings. The molecule has 0 atom stereocenters. The van der Waals surface area contributed by atoms with Crippen LogP contribution in [0, 0.1) is 12.3 Å². The van der Waals surface area contributed by atoms with Gasteiger partial charge in [-0.25, -0.2) is 4.98 Å². The maximum atomic E-state index is 4.57. The minimum Gasteiger partial charge on any atom is -0.359 e. The van der Waals surface area contributed by atoms with Crippen molar-refractivity contribution in [2.24, 2.45) is 5.41 Å². The lowest BCUT2D eigenvalue weighted by atomic mass is 9.96. The Morgan fingerprint density at radius 3 is 2.47 bits per heavy atom. The highest BCUT2D eigenvalue weighted by Gasteiger charge is 2.16. The number of rotatable bonds is 4. The normalized spacial score (nSPS) is 11.6. The zero-order chi connectivity index (χ0) is 13.1. The summed E-state index contributed by atoms with van der Waals surface area (Å²) in [6.45, 7) is 10.7. The van der Waals surface area contributed by atoms with Crippen molar-refractivity contribution >= 4 is 5.82 Å². The number of hydrogen-bond acceptors (Lipinski definition) is 3. The van der Waals surface area contributed by atoms with Crippen LogP contribution in [0.5, 0.6) is 0 Å². The highest BCUT2D eigenvalue weighted by atomic mass is 15.2. The van der Waals surface area contributed by atoms with E-state index in [1.807, 2.05) is 13.2 Å². The smallest absolute Gasteiger partial charge is 0.131 e. The van der Waals surface area contributed by atoms with Gasteiger partial charge < -0.3 is 10.2 Å². The number of aromatic nitrogens is 1. The molecule has 0 bridgehead atoms. The van der Waals surface area contributed by atoms with Crippen LogP contribution in [0.15, 0.2) is 12.3 Å². The lowest BCUT2D eigenvalue weighted by molar-refractivity contribution is 0.417. The van der Waals surface area contributed by atoms with E-state index in [4.69, 9.17) is 0 Å². The third kappa shape index (κ3) is 4.35. The Kier molecular flexibility index (Phi) is 4.52. The molecule has 0 unspecified atom stereocenters. The lowest BCUT2D eigenvalue weighted by Gasteiger charge is -2.28. The average Bonchev–Trinajstić information content (AvgIpc) is 2.15. The van der Waals surface area contributed by atoms with Gasteiger partial charge in [-0.1, -0.05) is 20.8 Å². The number of nitrogens with one attached hydrogen (secondary N) is 1. The van der Waals surface area contributed by atoms with Crippen molar-refractivity contribution < 1.29 is 0 Å². The molecule has 0 amide bonds. The van der Waals surface area contributed by atoms with Crippen molar-refractivity contribution in [3.63, 3.8) is 0 Å². The molecule has 1 aromatic heterocycles. The molecule has 0 radical (unpaired) electrons. The van der Waals surface area contributed by atoms with Gasteiger partial charge in [0, 0.05) is 26.3 Å². The first-order chi connectivity index (χ1) is 7.83. The van der Waals surface area contributed by atoms with Gasteiger partial charge >= 0.3 is 0 Å². The Morgan fingerprint density at radius 2 is 2.00 bits per heavy atom. The fraction of sp³-hybridized carbons (Fsp3) is 0.643. The summed E-state index contributed by atoms with van der Waals surface area (Å²) >= 11 is 0. The highest BCUT2D eigenvalue weighted by molar-refractivity contribution is 5.46. The van der Waals surface area contributed by atoms with Gasteiger partial charge in [0.15, 0.2) is 0 Å². The first-order valence-corrected chi connectivity index (χ1v) is 6.15. The second kappa shape index (κ2) is 5.50. The lowest BCUT2D eigenvalue weighted by Crippen LogP contribution is -2.30. The Morgan fingerprint density at radius 1 is 1.35 bits per heavy atom. The molecule has 3 heteroatoms. The standard InChI is InChI=1S/C14H25N3/c1-11-7-12(8-15-5)9-16-13(11)17(6)10-14(2,3)4/h7,9,15H,8,10H2,1-6H3. The summed E-state index contributed by atoms with van der Waals surface area (Å²) < 4.78 is 0. The molecule has 0 aromatic carbocycles. The molecule has 1 heterocycles. The molecule has 1 aromatic rings. The molecule has 1 N–H and O–H groups in total. The van der Waals surface area contributed by atoms with Crippen LogP contribution >= 0.6 is 0 Å². The average molecular weight is 235 g/mol. The second-order valence-corrected chi connectivity index (χ2v) is 5.93. The Balaban J connectivity index is 2.84. The summed E-state index contributed by atoms with van der Waals surface area (Å²) in [6, 6.07) is 2.21. The fourth-order valence-electron chi connectivity index (χ4n) is 2.11. The van der Waals surface area contributed by atoms with Crippen LogP contribution in [0.4, 0.5) is 5.82 Å². The van der Waals surface area contributed by atoms with Crippen molar-refractivity contribution in [3.8, 4) is 0 Å². The summed E-state index contributed by atoms with van der Waals surface area (Å²) in [5.74, 6) is 1.08. The molecule has 3 nitrogen and oxygen atoms in total. The monoisotopic (exact) mass is 235 g/mol. The molecular weight excluding hydrogens is 210 g/mol. The van der Waals surface area contributed by atoms with Gasteiger partial charge in [-0.05, 0) is 36.6 Å². The first kappa shape index (κ1) is 14.0. The Hall–Kier alpha value is -1.09. The predicted molar refractivity (Wildman–Crippen MR) is 74.5 cm³/mol. The van der Waals surface area contributed by atoms with Gasteiger partial charge in [-0.15, -0.1) is 0 Å². The van der Waals surface area contributed by atoms with Crippen LogP contribution < -0.4 is 10.2 Å². The van der Waals surface area contributed by atoms with E-state index < -0.39 is 0 Å². The quantitative estimate of drug-likeness (QED) is 0.869. The van der Waals surface area contributed by atoms with E-state index in [1.54, 1.807) is 0 Å². The zero-order valence-electron chi connectivity index (χ0n) is 12.0. The Labute approximate surface area is 105 Å². The fourth-order valence-corrected chi connectivity index (χ4v) is 2.11. The SMILES string of the molecule is CNCc1cnc(N(C)CC(C)(C)C)c(C)c1. The third-order valence-corrected chi connectivity index (χ3v) is 2.56. The Bertz CT molecular complexity index is 366. The van der Waals surface area contributed by atoms with Crippen molar-refractivity contribution in [2.75, 3.05) is 25.5 Å². The van der Waals surface area contributed by atoms with Crippen LogP contribution in [0.3, 0.4) is 0 Å². The van der Waals surface area contributed by atoms with Crippen molar-refractivity contribution in [3.05, 3.63) is 23.4 Å². The number of aryl methyl sites for hydroxylation is 1. The van der Waals surface area contributed by atoms with Crippen molar-refractivity contribution in [1.29, 1.82) is 0 Å². The van der Waals surface area contributed by atoms with Crippen LogP contribution in [0.2, 0.25) is 0 Å². The topological polar surface area (TPSA) is 28.2 Å². The maximum Gasteiger partial charge on any atom is 0.131 e. The minimum atomic E-state index is 0.284. The summed E-state index contributed by atoms with van der Waals surface area (Å²) in [5, 5.41) is 3.14. The predicted octanol–water partition coefficient (Wildman–Crippen LogP) is 2.59. The number of hydrogen-bond donors (Lipinski definition) is 1. The van der Waals surface area contributed by atoms with E-state index in [-0.39, 0.29) is 5.41 Å². The largest absolute Gasteiger partial charge is 0.359 e. The summed E-state index contributed by atoms with van der Waals surface area (Å²) in [4.78, 5) is 6.80.